The second-order valence-corrected chi connectivity index (χ2v) is 6.43. The Morgan fingerprint density at radius 2 is 2.16 bits per heavy atom. The minimum absolute atomic E-state index is 0.231. The highest BCUT2D eigenvalue weighted by Crippen LogP contribution is 2.35. The highest BCUT2D eigenvalue weighted by atomic mass is 16.5. The van der Waals surface area contributed by atoms with Gasteiger partial charge in [0.05, 0.1) is 25.0 Å². The molecule has 1 aromatic carbocycles. The molecule has 0 aliphatic carbocycles. The summed E-state index contributed by atoms with van der Waals surface area (Å²) in [6.45, 7) is 8.12. The van der Waals surface area contributed by atoms with Gasteiger partial charge in [0.1, 0.15) is 17.6 Å². The van der Waals surface area contributed by atoms with Crippen molar-refractivity contribution in [1.82, 2.24) is 15.1 Å². The first kappa shape index (κ1) is 17.6. The van der Waals surface area contributed by atoms with Gasteiger partial charge in [-0.1, -0.05) is 0 Å². The molecule has 2 heterocycles. The number of benzene rings is 1. The van der Waals surface area contributed by atoms with Gasteiger partial charge in [0, 0.05) is 37.7 Å². The molecule has 1 atom stereocenters. The summed E-state index contributed by atoms with van der Waals surface area (Å²) in [5, 5.41) is 7.90. The molecule has 0 bridgehead atoms. The first-order valence-electron chi connectivity index (χ1n) is 8.75. The number of rotatable bonds is 7. The Kier molecular flexibility index (Phi) is 5.18. The lowest BCUT2D eigenvalue weighted by atomic mass is 10.1. The van der Waals surface area contributed by atoms with E-state index in [9.17, 15) is 0 Å². The molecule has 25 heavy (non-hydrogen) atoms. The van der Waals surface area contributed by atoms with Gasteiger partial charge >= 0.3 is 0 Å². The Morgan fingerprint density at radius 3 is 2.88 bits per heavy atom. The lowest BCUT2D eigenvalue weighted by Crippen LogP contribution is -2.15. The summed E-state index contributed by atoms with van der Waals surface area (Å²) in [6, 6.07) is 4.22. The molecule has 0 amide bonds. The van der Waals surface area contributed by atoms with Crippen LogP contribution in [0, 0.1) is 6.92 Å². The fourth-order valence-corrected chi connectivity index (χ4v) is 3.37. The van der Waals surface area contributed by atoms with Crippen molar-refractivity contribution < 1.29 is 14.2 Å². The molecule has 1 aliphatic heterocycles. The molecule has 0 radical (unpaired) electrons. The summed E-state index contributed by atoms with van der Waals surface area (Å²) >= 11 is 0. The summed E-state index contributed by atoms with van der Waals surface area (Å²) < 4.78 is 18.9. The van der Waals surface area contributed by atoms with Crippen LogP contribution >= 0.6 is 0 Å². The second kappa shape index (κ2) is 7.35. The molecule has 0 spiro atoms. The standard InChI is InChI=1S/C19H27N3O3/c1-6-24-17-8-14-7-12(2)25-18(14)9-15(17)10-20-11-16-13(3)21-22(4)19(16)23-5/h8-9,12,20H,6-7,10-11H2,1-5H3/t12-/m1/s1. The number of ether oxygens (including phenoxy) is 3. The largest absolute Gasteiger partial charge is 0.494 e. The van der Waals surface area contributed by atoms with Crippen LogP contribution in [-0.2, 0) is 26.6 Å². The van der Waals surface area contributed by atoms with Crippen LogP contribution in [0.25, 0.3) is 0 Å². The van der Waals surface area contributed by atoms with E-state index < -0.39 is 0 Å². The van der Waals surface area contributed by atoms with E-state index in [2.05, 4.69) is 29.5 Å². The van der Waals surface area contributed by atoms with E-state index in [0.29, 0.717) is 19.7 Å². The molecule has 1 N–H and O–H groups in total. The van der Waals surface area contributed by atoms with E-state index in [4.69, 9.17) is 14.2 Å². The van der Waals surface area contributed by atoms with Gasteiger partial charge in [-0.3, -0.25) is 0 Å². The molecular weight excluding hydrogens is 318 g/mol. The van der Waals surface area contributed by atoms with E-state index >= 15 is 0 Å². The number of aromatic nitrogens is 2. The zero-order valence-electron chi connectivity index (χ0n) is 15.7. The molecule has 1 aliphatic rings. The predicted octanol–water partition coefficient (Wildman–Crippen LogP) is 2.75. The van der Waals surface area contributed by atoms with E-state index in [0.717, 1.165) is 40.6 Å². The van der Waals surface area contributed by atoms with Gasteiger partial charge in [-0.25, -0.2) is 4.68 Å². The van der Waals surface area contributed by atoms with Crippen molar-refractivity contribution in [3.63, 3.8) is 0 Å². The summed E-state index contributed by atoms with van der Waals surface area (Å²) in [4.78, 5) is 0. The lowest BCUT2D eigenvalue weighted by molar-refractivity contribution is 0.254. The first-order chi connectivity index (χ1) is 12.0. The van der Waals surface area contributed by atoms with Gasteiger partial charge in [-0.15, -0.1) is 0 Å². The number of hydrogen-bond acceptors (Lipinski definition) is 5. The molecule has 0 unspecified atom stereocenters. The zero-order valence-corrected chi connectivity index (χ0v) is 15.7. The third kappa shape index (κ3) is 3.58. The van der Waals surface area contributed by atoms with Crippen LogP contribution in [0.3, 0.4) is 0 Å². The van der Waals surface area contributed by atoms with Crippen molar-refractivity contribution in [2.75, 3.05) is 13.7 Å². The van der Waals surface area contributed by atoms with Gasteiger partial charge in [0.2, 0.25) is 5.88 Å². The molecule has 6 heteroatoms. The Morgan fingerprint density at radius 1 is 1.36 bits per heavy atom. The average molecular weight is 345 g/mol. The molecule has 136 valence electrons. The van der Waals surface area contributed by atoms with Gasteiger partial charge in [-0.2, -0.15) is 5.10 Å². The molecular formula is C19H27N3O3. The molecule has 2 aromatic rings. The smallest absolute Gasteiger partial charge is 0.216 e. The molecule has 0 fully saturated rings. The second-order valence-electron chi connectivity index (χ2n) is 6.43. The normalized spacial score (nSPS) is 15.8. The summed E-state index contributed by atoms with van der Waals surface area (Å²) in [5.74, 6) is 2.70. The fraction of sp³-hybridized carbons (Fsp3) is 0.526. The number of aryl methyl sites for hydroxylation is 2. The van der Waals surface area contributed by atoms with Crippen LogP contribution < -0.4 is 19.5 Å². The van der Waals surface area contributed by atoms with Crippen LogP contribution in [0.4, 0.5) is 0 Å². The highest BCUT2D eigenvalue weighted by molar-refractivity contribution is 5.48. The average Bonchev–Trinajstić information content (AvgIpc) is 3.05. The molecule has 3 rings (SSSR count). The van der Waals surface area contributed by atoms with E-state index in [1.54, 1.807) is 11.8 Å². The van der Waals surface area contributed by atoms with E-state index in [-0.39, 0.29) is 6.10 Å². The number of hydrogen-bond donors (Lipinski definition) is 1. The van der Waals surface area contributed by atoms with Gasteiger partial charge in [0.25, 0.3) is 0 Å². The monoisotopic (exact) mass is 345 g/mol. The predicted molar refractivity (Wildman–Crippen MR) is 96.4 cm³/mol. The van der Waals surface area contributed by atoms with Crippen LogP contribution in [0.1, 0.15) is 36.2 Å². The third-order valence-corrected chi connectivity index (χ3v) is 4.48. The van der Waals surface area contributed by atoms with Gasteiger partial charge in [-0.05, 0) is 32.9 Å². The summed E-state index contributed by atoms with van der Waals surface area (Å²) in [7, 11) is 3.56. The Balaban J connectivity index is 1.74. The first-order valence-corrected chi connectivity index (χ1v) is 8.75. The Labute approximate surface area is 149 Å². The molecule has 0 saturated carbocycles. The molecule has 6 nitrogen and oxygen atoms in total. The Hall–Kier alpha value is -2.21. The molecule has 0 saturated heterocycles. The van der Waals surface area contributed by atoms with Crippen molar-refractivity contribution in [3.8, 4) is 17.4 Å². The highest BCUT2D eigenvalue weighted by Gasteiger charge is 2.22. The van der Waals surface area contributed by atoms with Gasteiger partial charge in [0.15, 0.2) is 0 Å². The number of nitrogens with zero attached hydrogens (tertiary/aromatic N) is 2. The van der Waals surface area contributed by atoms with Crippen molar-refractivity contribution in [3.05, 3.63) is 34.5 Å². The lowest BCUT2D eigenvalue weighted by Gasteiger charge is -2.13. The van der Waals surface area contributed by atoms with Crippen molar-refractivity contribution in [2.24, 2.45) is 7.05 Å². The maximum atomic E-state index is 5.89. The zero-order chi connectivity index (χ0) is 18.0. The van der Waals surface area contributed by atoms with Crippen LogP contribution in [0.15, 0.2) is 12.1 Å². The quantitative estimate of drug-likeness (QED) is 0.836. The van der Waals surface area contributed by atoms with Crippen LogP contribution in [0.2, 0.25) is 0 Å². The minimum atomic E-state index is 0.231. The minimum Gasteiger partial charge on any atom is -0.494 e. The topological polar surface area (TPSA) is 57.5 Å². The summed E-state index contributed by atoms with van der Waals surface area (Å²) in [6.07, 6.45) is 1.17. The Bertz CT molecular complexity index is 755. The van der Waals surface area contributed by atoms with Crippen LogP contribution in [0.5, 0.6) is 17.4 Å². The van der Waals surface area contributed by atoms with E-state index in [1.807, 2.05) is 20.9 Å². The number of fused-ring (bicyclic) bond motifs is 1. The number of methoxy groups -OCH3 is 1. The maximum absolute atomic E-state index is 5.89. The third-order valence-electron chi connectivity index (χ3n) is 4.48. The summed E-state index contributed by atoms with van der Waals surface area (Å²) in [5.41, 5.74) is 4.39. The number of nitrogens with one attached hydrogen (secondary N) is 1. The van der Waals surface area contributed by atoms with Crippen molar-refractivity contribution in [2.45, 2.75) is 46.4 Å². The molecule has 1 aromatic heterocycles. The fourth-order valence-electron chi connectivity index (χ4n) is 3.37. The van der Waals surface area contributed by atoms with Crippen molar-refractivity contribution in [1.29, 1.82) is 0 Å². The maximum Gasteiger partial charge on any atom is 0.216 e. The SMILES string of the molecule is CCOc1cc2c(cc1CNCc1c(C)nn(C)c1OC)O[C@H](C)C2. The van der Waals surface area contributed by atoms with Gasteiger partial charge < -0.3 is 19.5 Å². The van der Waals surface area contributed by atoms with Crippen molar-refractivity contribution >= 4 is 0 Å². The van der Waals surface area contributed by atoms with E-state index in [1.165, 1.54) is 5.56 Å². The van der Waals surface area contributed by atoms with Crippen LogP contribution in [-0.4, -0.2) is 29.6 Å².